The van der Waals surface area contributed by atoms with Crippen LogP contribution in [0.1, 0.15) is 40.0 Å². The summed E-state index contributed by atoms with van der Waals surface area (Å²) in [5.41, 5.74) is -0.752. The third-order valence-electron chi connectivity index (χ3n) is 6.07. The highest BCUT2D eigenvalue weighted by molar-refractivity contribution is 9.10. The summed E-state index contributed by atoms with van der Waals surface area (Å²) >= 11 is 15.4. The van der Waals surface area contributed by atoms with Crippen molar-refractivity contribution in [2.45, 2.75) is 18.7 Å². The second-order valence-corrected chi connectivity index (χ2v) is 9.75. The zero-order chi connectivity index (χ0) is 24.8. The van der Waals surface area contributed by atoms with Crippen molar-refractivity contribution in [3.63, 3.8) is 0 Å². The SMILES string of the molecule is CO[C@@]1(c2ccc(Cl)cc2)c2c(F)cc(Br)cc2C(=O)N1[C@H](c1ccc(Cl)cc1)[C@H](C)C(=O)O. The fourth-order valence-corrected chi connectivity index (χ4v) is 5.22. The third-order valence-corrected chi connectivity index (χ3v) is 7.03. The number of halogens is 4. The minimum atomic E-state index is -1.75. The zero-order valence-electron chi connectivity index (χ0n) is 18.1. The monoisotopic (exact) mass is 565 g/mol. The Hall–Kier alpha value is -2.45. The van der Waals surface area contributed by atoms with Gasteiger partial charge in [0.15, 0.2) is 5.72 Å². The molecule has 0 radical (unpaired) electrons. The van der Waals surface area contributed by atoms with Gasteiger partial charge in [0.05, 0.1) is 23.1 Å². The molecule has 3 aromatic carbocycles. The van der Waals surface area contributed by atoms with Crippen LogP contribution < -0.4 is 0 Å². The molecule has 0 saturated carbocycles. The van der Waals surface area contributed by atoms with Gasteiger partial charge < -0.3 is 9.84 Å². The van der Waals surface area contributed by atoms with E-state index in [0.29, 0.717) is 25.6 Å². The highest BCUT2D eigenvalue weighted by atomic mass is 79.9. The first kappa shape index (κ1) is 24.7. The molecule has 0 saturated heterocycles. The fourth-order valence-electron chi connectivity index (χ4n) is 4.54. The second kappa shape index (κ2) is 9.30. The van der Waals surface area contributed by atoms with Crippen LogP contribution in [-0.2, 0) is 15.3 Å². The number of benzene rings is 3. The summed E-state index contributed by atoms with van der Waals surface area (Å²) in [5, 5.41) is 10.9. The van der Waals surface area contributed by atoms with Crippen LogP contribution >= 0.6 is 39.1 Å². The van der Waals surface area contributed by atoms with E-state index in [-0.39, 0.29) is 11.1 Å². The molecule has 0 bridgehead atoms. The maximum atomic E-state index is 15.6. The number of ether oxygens (including phenoxy) is 1. The first-order valence-electron chi connectivity index (χ1n) is 10.2. The van der Waals surface area contributed by atoms with E-state index in [4.69, 9.17) is 27.9 Å². The molecule has 3 atom stereocenters. The lowest BCUT2D eigenvalue weighted by molar-refractivity contribution is -0.149. The van der Waals surface area contributed by atoms with E-state index < -0.39 is 35.4 Å². The number of carboxylic acids is 1. The van der Waals surface area contributed by atoms with E-state index in [1.807, 2.05) is 0 Å². The first-order chi connectivity index (χ1) is 16.1. The largest absolute Gasteiger partial charge is 0.481 e. The van der Waals surface area contributed by atoms with Crippen LogP contribution in [0.3, 0.4) is 0 Å². The Bertz CT molecular complexity index is 1270. The van der Waals surface area contributed by atoms with Gasteiger partial charge in [0, 0.05) is 27.2 Å². The van der Waals surface area contributed by atoms with Gasteiger partial charge in [-0.05, 0) is 48.9 Å². The Morgan fingerprint density at radius 2 is 1.65 bits per heavy atom. The lowest BCUT2D eigenvalue weighted by atomic mass is 9.88. The molecular formula is C25H19BrCl2FNO4. The van der Waals surface area contributed by atoms with Crippen molar-refractivity contribution >= 4 is 51.0 Å². The van der Waals surface area contributed by atoms with Crippen molar-refractivity contribution in [3.8, 4) is 0 Å². The summed E-state index contributed by atoms with van der Waals surface area (Å²) in [4.78, 5) is 27.5. The number of methoxy groups -OCH3 is 1. The molecule has 1 aliphatic rings. The van der Waals surface area contributed by atoms with Gasteiger partial charge in [-0.3, -0.25) is 14.5 Å². The molecule has 0 aliphatic carbocycles. The van der Waals surface area contributed by atoms with Gasteiger partial charge in [0.2, 0.25) is 0 Å². The zero-order valence-corrected chi connectivity index (χ0v) is 21.2. The standard InChI is InChI=1S/C25H19BrCl2FNO4/c1-13(24(32)33)22(14-3-7-17(27)8-4-14)30-23(31)19-11-16(26)12-20(29)21(19)25(30,34-2)15-5-9-18(28)10-6-15/h3-13,22H,1-2H3,(H,32,33)/t13-,22-,25-/m0/s1. The molecule has 1 amide bonds. The van der Waals surface area contributed by atoms with Gasteiger partial charge in [-0.2, -0.15) is 0 Å². The van der Waals surface area contributed by atoms with Crippen LogP contribution in [0.4, 0.5) is 4.39 Å². The van der Waals surface area contributed by atoms with Crippen LogP contribution in [-0.4, -0.2) is 29.0 Å². The molecule has 1 N–H and O–H groups in total. The predicted molar refractivity (Wildman–Crippen MR) is 131 cm³/mol. The molecule has 5 nitrogen and oxygen atoms in total. The lowest BCUT2D eigenvalue weighted by Crippen LogP contribution is -2.51. The molecule has 176 valence electrons. The number of aliphatic carboxylic acids is 1. The maximum absolute atomic E-state index is 15.6. The lowest BCUT2D eigenvalue weighted by Gasteiger charge is -2.44. The molecule has 1 aliphatic heterocycles. The summed E-state index contributed by atoms with van der Waals surface area (Å²) in [6.07, 6.45) is 0. The highest BCUT2D eigenvalue weighted by Gasteiger charge is 2.57. The Labute approximate surface area is 214 Å². The Morgan fingerprint density at radius 3 is 2.18 bits per heavy atom. The Balaban J connectivity index is 2.08. The number of carbonyl (C=O) groups is 2. The molecule has 4 rings (SSSR count). The molecule has 34 heavy (non-hydrogen) atoms. The van der Waals surface area contributed by atoms with Crippen molar-refractivity contribution in [2.24, 2.45) is 5.92 Å². The van der Waals surface area contributed by atoms with Crippen LogP contribution in [0, 0.1) is 11.7 Å². The van der Waals surface area contributed by atoms with Crippen molar-refractivity contribution in [1.82, 2.24) is 4.90 Å². The van der Waals surface area contributed by atoms with E-state index in [9.17, 15) is 14.7 Å². The van der Waals surface area contributed by atoms with Crippen molar-refractivity contribution in [1.29, 1.82) is 0 Å². The van der Waals surface area contributed by atoms with Crippen molar-refractivity contribution in [2.75, 3.05) is 7.11 Å². The average molecular weight is 567 g/mol. The summed E-state index contributed by atoms with van der Waals surface area (Å²) < 4.78 is 21.9. The molecule has 0 unspecified atom stereocenters. The Kier molecular flexibility index (Phi) is 6.75. The fraction of sp³-hybridized carbons (Fsp3) is 0.200. The second-order valence-electron chi connectivity index (χ2n) is 7.96. The molecule has 0 aromatic heterocycles. The van der Waals surface area contributed by atoms with Crippen LogP contribution in [0.25, 0.3) is 0 Å². The number of hydrogen-bond donors (Lipinski definition) is 1. The molecular weight excluding hydrogens is 548 g/mol. The molecule has 3 aromatic rings. The van der Waals surface area contributed by atoms with E-state index in [0.717, 1.165) is 0 Å². The van der Waals surface area contributed by atoms with Gasteiger partial charge in [-0.25, -0.2) is 4.39 Å². The summed E-state index contributed by atoms with van der Waals surface area (Å²) in [5.74, 6) is -3.45. The predicted octanol–water partition coefficient (Wildman–Crippen LogP) is 6.66. The number of carboxylic acid groups (broad SMARTS) is 1. The van der Waals surface area contributed by atoms with Crippen molar-refractivity contribution in [3.05, 3.63) is 103 Å². The van der Waals surface area contributed by atoms with Crippen molar-refractivity contribution < 1.29 is 23.8 Å². The van der Waals surface area contributed by atoms with E-state index in [2.05, 4.69) is 15.9 Å². The van der Waals surface area contributed by atoms with E-state index in [1.54, 1.807) is 48.5 Å². The Morgan fingerprint density at radius 1 is 1.09 bits per heavy atom. The maximum Gasteiger partial charge on any atom is 0.308 e. The average Bonchev–Trinajstić information content (AvgIpc) is 3.05. The number of rotatable bonds is 6. The molecule has 0 spiro atoms. The minimum Gasteiger partial charge on any atom is -0.481 e. The van der Waals surface area contributed by atoms with Gasteiger partial charge in [-0.1, -0.05) is 63.4 Å². The van der Waals surface area contributed by atoms with E-state index in [1.165, 1.54) is 31.1 Å². The molecule has 0 fully saturated rings. The van der Waals surface area contributed by atoms with E-state index >= 15 is 4.39 Å². The summed E-state index contributed by atoms with van der Waals surface area (Å²) in [6, 6.07) is 14.7. The smallest absolute Gasteiger partial charge is 0.308 e. The quantitative estimate of drug-likeness (QED) is 0.362. The highest BCUT2D eigenvalue weighted by Crippen LogP contribution is 2.52. The summed E-state index contributed by atoms with van der Waals surface area (Å²) in [6.45, 7) is 1.49. The van der Waals surface area contributed by atoms with Gasteiger partial charge >= 0.3 is 5.97 Å². The topological polar surface area (TPSA) is 66.8 Å². The number of amides is 1. The number of carbonyl (C=O) groups excluding carboxylic acids is 1. The first-order valence-corrected chi connectivity index (χ1v) is 11.8. The van der Waals surface area contributed by atoms with Crippen LogP contribution in [0.15, 0.2) is 65.1 Å². The van der Waals surface area contributed by atoms with Gasteiger partial charge in [0.25, 0.3) is 5.91 Å². The van der Waals surface area contributed by atoms with Gasteiger partial charge in [0.1, 0.15) is 5.82 Å². The molecule has 9 heteroatoms. The van der Waals surface area contributed by atoms with Crippen LogP contribution in [0.2, 0.25) is 10.0 Å². The van der Waals surface area contributed by atoms with Crippen LogP contribution in [0.5, 0.6) is 0 Å². The normalized spacial score (nSPS) is 19.1. The number of fused-ring (bicyclic) bond motifs is 1. The summed E-state index contributed by atoms with van der Waals surface area (Å²) in [7, 11) is 1.36. The van der Waals surface area contributed by atoms with Gasteiger partial charge in [-0.15, -0.1) is 0 Å². The number of nitrogens with zero attached hydrogens (tertiary/aromatic N) is 1. The number of hydrogen-bond acceptors (Lipinski definition) is 3. The molecule has 1 heterocycles. The minimum absolute atomic E-state index is 0.00192. The third kappa shape index (κ3) is 3.90.